The number of aromatic nitrogens is 1. The maximum atomic E-state index is 6.00. The third kappa shape index (κ3) is 4.75. The van der Waals surface area contributed by atoms with E-state index in [1.807, 2.05) is 30.3 Å². The Balaban J connectivity index is 0.00000280. The second-order valence-electron chi connectivity index (χ2n) is 8.93. The molecular formula is C29H27ClINO5. The van der Waals surface area contributed by atoms with Gasteiger partial charge in [0.15, 0.2) is 35.7 Å². The number of pyridine rings is 1. The lowest BCUT2D eigenvalue weighted by Crippen LogP contribution is -3.00. The van der Waals surface area contributed by atoms with Crippen LogP contribution >= 0.6 is 11.6 Å². The van der Waals surface area contributed by atoms with Gasteiger partial charge in [-0.3, -0.25) is 0 Å². The van der Waals surface area contributed by atoms with Crippen LogP contribution in [0.3, 0.4) is 0 Å². The lowest BCUT2D eigenvalue weighted by Gasteiger charge is -2.21. The summed E-state index contributed by atoms with van der Waals surface area (Å²) in [6.07, 6.45) is 4.79. The first kappa shape index (κ1) is 25.7. The smallest absolute Gasteiger partial charge is 0.231 e. The third-order valence-electron chi connectivity index (χ3n) is 6.90. The highest BCUT2D eigenvalue weighted by molar-refractivity contribution is 6.30. The number of methoxy groups -OCH3 is 2. The minimum Gasteiger partial charge on any atom is -1.00 e. The van der Waals surface area contributed by atoms with Crippen LogP contribution in [-0.2, 0) is 19.4 Å². The van der Waals surface area contributed by atoms with Crippen molar-refractivity contribution in [3.63, 3.8) is 0 Å². The molecule has 0 N–H and O–H groups in total. The van der Waals surface area contributed by atoms with E-state index in [1.54, 1.807) is 14.2 Å². The van der Waals surface area contributed by atoms with Crippen LogP contribution in [0.2, 0.25) is 5.02 Å². The maximum absolute atomic E-state index is 6.00. The van der Waals surface area contributed by atoms with Gasteiger partial charge < -0.3 is 47.7 Å². The Kier molecular flexibility index (Phi) is 7.53. The molecule has 0 radical (unpaired) electrons. The van der Waals surface area contributed by atoms with E-state index in [0.29, 0.717) is 11.6 Å². The van der Waals surface area contributed by atoms with E-state index in [0.717, 1.165) is 65.3 Å². The molecule has 0 aliphatic carbocycles. The maximum Gasteiger partial charge on any atom is 0.231 e. The van der Waals surface area contributed by atoms with Crippen LogP contribution in [0.1, 0.15) is 17.5 Å². The lowest BCUT2D eigenvalue weighted by molar-refractivity contribution is -0.686. The summed E-state index contributed by atoms with van der Waals surface area (Å²) in [5.74, 6) is 3.92. The molecule has 6 nitrogen and oxygen atoms in total. The van der Waals surface area contributed by atoms with E-state index < -0.39 is 0 Å². The molecule has 0 amide bonds. The zero-order valence-corrected chi connectivity index (χ0v) is 23.6. The van der Waals surface area contributed by atoms with Gasteiger partial charge in [0.25, 0.3) is 0 Å². The molecule has 2 aliphatic rings. The summed E-state index contributed by atoms with van der Waals surface area (Å²) in [4.78, 5) is 0. The standard InChI is InChI=1S/C29H27ClNO5.HI/c1-32-25-10-9-21-22(4-3-13-34-20-7-5-19(30)6-8-20)28-23-15-27-26(35-17-36-27)14-18(23)11-12-31(28)16-24(21)29(25)33-2;/h5-10,14-16H,3-4,11-13,17H2,1-2H3;1H/q+1;/p-1. The van der Waals surface area contributed by atoms with Crippen molar-refractivity contribution in [3.8, 4) is 40.0 Å². The Morgan fingerprint density at radius 2 is 1.73 bits per heavy atom. The Labute approximate surface area is 238 Å². The van der Waals surface area contributed by atoms with E-state index in [4.69, 9.17) is 35.3 Å². The molecule has 3 aromatic carbocycles. The molecule has 0 bridgehead atoms. The average Bonchev–Trinajstić information content (AvgIpc) is 3.36. The summed E-state index contributed by atoms with van der Waals surface area (Å²) in [7, 11) is 3.36. The fourth-order valence-corrected chi connectivity index (χ4v) is 5.36. The number of fused-ring (bicyclic) bond motifs is 5. The van der Waals surface area contributed by atoms with Crippen LogP contribution in [0, 0.1) is 0 Å². The SMILES string of the molecule is COc1ccc2c(CCCOc3ccc(Cl)cc3)c3[n+](cc2c1OC)CCc1cc2c(cc1-3)OCO2.[I-]. The fraction of sp³-hybridized carbons (Fsp3) is 0.276. The molecule has 0 saturated carbocycles. The minimum atomic E-state index is 0. The van der Waals surface area contributed by atoms with Crippen molar-refractivity contribution in [3.05, 3.63) is 70.9 Å². The quantitative estimate of drug-likeness (QED) is 0.179. The summed E-state index contributed by atoms with van der Waals surface area (Å²) in [6, 6.07) is 15.9. The highest BCUT2D eigenvalue weighted by Gasteiger charge is 2.32. The van der Waals surface area contributed by atoms with Crippen LogP contribution in [-0.4, -0.2) is 27.6 Å². The Morgan fingerprint density at radius 1 is 0.946 bits per heavy atom. The molecule has 4 aromatic rings. The summed E-state index contributed by atoms with van der Waals surface area (Å²) in [5, 5.41) is 2.89. The second-order valence-corrected chi connectivity index (χ2v) is 9.37. The number of ether oxygens (including phenoxy) is 5. The number of hydrogen-bond acceptors (Lipinski definition) is 5. The Hall–Kier alpha value is -2.91. The summed E-state index contributed by atoms with van der Waals surface area (Å²) < 4.78 is 31.1. The highest BCUT2D eigenvalue weighted by atomic mass is 127. The van der Waals surface area contributed by atoms with Crippen molar-refractivity contribution in [1.82, 2.24) is 0 Å². The van der Waals surface area contributed by atoms with Gasteiger partial charge in [-0.15, -0.1) is 0 Å². The van der Waals surface area contributed by atoms with Crippen LogP contribution in [0.5, 0.6) is 28.7 Å². The van der Waals surface area contributed by atoms with Gasteiger partial charge in [-0.2, -0.15) is 4.57 Å². The van der Waals surface area contributed by atoms with Gasteiger partial charge in [0.05, 0.1) is 31.8 Å². The zero-order valence-electron chi connectivity index (χ0n) is 20.7. The topological polar surface area (TPSA) is 50.0 Å². The third-order valence-corrected chi connectivity index (χ3v) is 7.15. The van der Waals surface area contributed by atoms with E-state index in [2.05, 4.69) is 29.0 Å². The lowest BCUT2D eigenvalue weighted by atomic mass is 9.89. The predicted molar refractivity (Wildman–Crippen MR) is 138 cm³/mol. The first-order valence-corrected chi connectivity index (χ1v) is 12.5. The number of aryl methyl sites for hydroxylation is 3. The van der Waals surface area contributed by atoms with Crippen LogP contribution < -0.4 is 52.2 Å². The molecule has 3 heterocycles. The summed E-state index contributed by atoms with van der Waals surface area (Å²) >= 11 is 6.00. The number of hydrogen-bond donors (Lipinski definition) is 0. The minimum absolute atomic E-state index is 0. The molecule has 37 heavy (non-hydrogen) atoms. The number of benzene rings is 3. The summed E-state index contributed by atoms with van der Waals surface area (Å²) in [5.41, 5.74) is 4.93. The van der Waals surface area contributed by atoms with Crippen LogP contribution in [0.4, 0.5) is 0 Å². The molecule has 2 aliphatic heterocycles. The van der Waals surface area contributed by atoms with Gasteiger partial charge in [0.2, 0.25) is 12.5 Å². The van der Waals surface area contributed by atoms with Crippen molar-refractivity contribution >= 4 is 22.4 Å². The molecule has 0 fully saturated rings. The van der Waals surface area contributed by atoms with Crippen LogP contribution in [0.15, 0.2) is 54.7 Å². The van der Waals surface area contributed by atoms with Gasteiger partial charge in [-0.1, -0.05) is 11.6 Å². The van der Waals surface area contributed by atoms with Crippen molar-refractivity contribution in [2.75, 3.05) is 27.6 Å². The molecule has 6 rings (SSSR count). The van der Waals surface area contributed by atoms with E-state index in [9.17, 15) is 0 Å². The molecule has 8 heteroatoms. The number of rotatable bonds is 7. The Bertz CT molecular complexity index is 1460. The second kappa shape index (κ2) is 10.8. The molecule has 192 valence electrons. The zero-order chi connectivity index (χ0) is 24.6. The van der Waals surface area contributed by atoms with E-state index in [-0.39, 0.29) is 30.8 Å². The molecule has 0 atom stereocenters. The molecule has 0 spiro atoms. The van der Waals surface area contributed by atoms with Crippen molar-refractivity contribution in [2.45, 2.75) is 25.8 Å². The first-order valence-electron chi connectivity index (χ1n) is 12.1. The molecule has 0 unspecified atom stereocenters. The molecule has 1 aromatic heterocycles. The van der Waals surface area contributed by atoms with Crippen molar-refractivity contribution in [1.29, 1.82) is 0 Å². The van der Waals surface area contributed by atoms with Gasteiger partial charge >= 0.3 is 0 Å². The van der Waals surface area contributed by atoms with Crippen molar-refractivity contribution < 1.29 is 52.2 Å². The predicted octanol–water partition coefficient (Wildman–Crippen LogP) is 2.77. The van der Waals surface area contributed by atoms with Crippen molar-refractivity contribution in [2.24, 2.45) is 0 Å². The van der Waals surface area contributed by atoms with Gasteiger partial charge in [0.1, 0.15) is 5.75 Å². The van der Waals surface area contributed by atoms with Gasteiger partial charge in [-0.05, 0) is 66.9 Å². The highest BCUT2D eigenvalue weighted by Crippen LogP contribution is 2.43. The number of halogens is 2. The largest absolute Gasteiger partial charge is 1.00 e. The van der Waals surface area contributed by atoms with Gasteiger partial charge in [-0.25, -0.2) is 0 Å². The molecular weight excluding hydrogens is 605 g/mol. The van der Waals surface area contributed by atoms with Gasteiger partial charge in [0, 0.05) is 22.4 Å². The monoisotopic (exact) mass is 631 g/mol. The first-order chi connectivity index (χ1) is 17.7. The van der Waals surface area contributed by atoms with E-state index in [1.165, 1.54) is 22.4 Å². The van der Waals surface area contributed by atoms with E-state index >= 15 is 0 Å². The number of nitrogens with zero attached hydrogens (tertiary/aromatic N) is 1. The Morgan fingerprint density at radius 3 is 2.49 bits per heavy atom. The normalized spacial score (nSPS) is 12.9. The van der Waals surface area contributed by atoms with Crippen LogP contribution in [0.25, 0.3) is 22.0 Å². The average molecular weight is 632 g/mol. The summed E-state index contributed by atoms with van der Waals surface area (Å²) in [6.45, 7) is 1.73. The molecule has 0 saturated heterocycles. The fourth-order valence-electron chi connectivity index (χ4n) is 5.23.